The number of nitrogens with zero attached hydrogens (tertiary/aromatic N) is 3. The average Bonchev–Trinajstić information content (AvgIpc) is 3.31. The van der Waals surface area contributed by atoms with Crippen molar-refractivity contribution < 1.29 is 22.7 Å². The molecule has 0 aliphatic heterocycles. The monoisotopic (exact) mass is 374 g/mol. The van der Waals surface area contributed by atoms with Gasteiger partial charge in [-0.25, -0.2) is 9.97 Å². The predicted octanol–water partition coefficient (Wildman–Crippen LogP) is 2.39. The molecule has 0 radical (unpaired) electrons. The first-order valence-electron chi connectivity index (χ1n) is 8.46. The van der Waals surface area contributed by atoms with Gasteiger partial charge in [-0.1, -0.05) is 0 Å². The molecule has 1 saturated carbocycles. The Morgan fingerprint density at radius 3 is 2.27 bits per heavy atom. The molecule has 0 spiro atoms. The quantitative estimate of drug-likeness (QED) is 0.827. The van der Waals surface area contributed by atoms with Crippen molar-refractivity contribution in [2.24, 2.45) is 5.73 Å². The fraction of sp³-hybridized carbons (Fsp3) is 0.706. The second-order valence-electron chi connectivity index (χ2n) is 7.62. The van der Waals surface area contributed by atoms with Gasteiger partial charge >= 0.3 is 12.1 Å². The first-order valence-corrected chi connectivity index (χ1v) is 8.46. The molecular weight excluding hydrogens is 349 g/mol. The number of aromatic nitrogens is 2. The van der Waals surface area contributed by atoms with Crippen LogP contribution in [0.2, 0.25) is 0 Å². The Kier molecular flexibility index (Phi) is 5.63. The first-order chi connectivity index (χ1) is 11.9. The number of ether oxygens (including phenoxy) is 1. The second kappa shape index (κ2) is 7.11. The van der Waals surface area contributed by atoms with E-state index >= 15 is 0 Å². The smallest absolute Gasteiger partial charge is 0.371 e. The summed E-state index contributed by atoms with van der Waals surface area (Å²) in [6, 6.07) is 0.780. The van der Waals surface area contributed by atoms with Crippen molar-refractivity contribution in [3.05, 3.63) is 24.3 Å². The molecule has 2 atom stereocenters. The molecule has 1 fully saturated rings. The number of carbonyl (C=O) groups is 1. The molecular formula is C17H25F3N4O2. The van der Waals surface area contributed by atoms with E-state index in [9.17, 15) is 18.0 Å². The molecule has 1 heterocycles. The number of rotatable bonds is 6. The number of nitrogens with two attached hydrogens (primary N) is 1. The Hall–Kier alpha value is -1.74. The van der Waals surface area contributed by atoms with E-state index < -0.39 is 35.4 Å². The van der Waals surface area contributed by atoms with Crippen LogP contribution in [0.15, 0.2) is 18.5 Å². The van der Waals surface area contributed by atoms with Crippen molar-refractivity contribution in [3.8, 4) is 0 Å². The van der Waals surface area contributed by atoms with E-state index in [2.05, 4.69) is 9.97 Å². The van der Waals surface area contributed by atoms with E-state index in [4.69, 9.17) is 10.5 Å². The number of alkyl halides is 3. The van der Waals surface area contributed by atoms with Gasteiger partial charge in [-0.2, -0.15) is 13.2 Å². The highest BCUT2D eigenvalue weighted by molar-refractivity contribution is 5.83. The van der Waals surface area contributed by atoms with Crippen LogP contribution < -0.4 is 5.73 Å². The molecule has 1 aromatic heterocycles. The summed E-state index contributed by atoms with van der Waals surface area (Å²) in [5.41, 5.74) is 4.42. The number of hydrogen-bond donors (Lipinski definition) is 1. The standard InChI is InChI=1S/C17H25F3N4O2/c1-11(26-15(2,3)4)12(21)10-24(14(25)17(18,19)20)16(6-7-16)13-22-8-5-9-23-13/h5,8-9,11-12H,6-7,10,21H2,1-4H3/t11-,12+/m1/s1. The van der Waals surface area contributed by atoms with Gasteiger partial charge in [-0.15, -0.1) is 0 Å². The minimum absolute atomic E-state index is 0.203. The third kappa shape index (κ3) is 4.70. The number of halogens is 3. The van der Waals surface area contributed by atoms with E-state index in [1.165, 1.54) is 12.4 Å². The summed E-state index contributed by atoms with van der Waals surface area (Å²) in [5.74, 6) is -1.73. The normalized spacial score (nSPS) is 18.9. The van der Waals surface area contributed by atoms with E-state index in [0.717, 1.165) is 4.90 Å². The third-order valence-electron chi connectivity index (χ3n) is 4.25. The van der Waals surface area contributed by atoms with Crippen molar-refractivity contribution in [2.75, 3.05) is 6.54 Å². The van der Waals surface area contributed by atoms with Gasteiger partial charge in [0.25, 0.3) is 0 Å². The summed E-state index contributed by atoms with van der Waals surface area (Å²) in [6.07, 6.45) is -1.92. The van der Waals surface area contributed by atoms with Crippen LogP contribution in [0, 0.1) is 0 Å². The Balaban J connectivity index is 2.27. The topological polar surface area (TPSA) is 81.3 Å². The van der Waals surface area contributed by atoms with Crippen LogP contribution in [0.1, 0.15) is 46.4 Å². The highest BCUT2D eigenvalue weighted by Gasteiger charge is 2.59. The highest BCUT2D eigenvalue weighted by atomic mass is 19.4. The zero-order chi connectivity index (χ0) is 19.8. The molecule has 6 nitrogen and oxygen atoms in total. The fourth-order valence-electron chi connectivity index (χ4n) is 2.88. The van der Waals surface area contributed by atoms with Gasteiger partial charge in [0.1, 0.15) is 5.54 Å². The van der Waals surface area contributed by atoms with Crippen molar-refractivity contribution >= 4 is 5.91 Å². The summed E-state index contributed by atoms with van der Waals surface area (Å²) < 4.78 is 45.3. The first kappa shape index (κ1) is 20.6. The van der Waals surface area contributed by atoms with Crippen LogP contribution >= 0.6 is 0 Å². The Morgan fingerprint density at radius 1 is 1.31 bits per heavy atom. The molecule has 0 aromatic carbocycles. The van der Waals surface area contributed by atoms with Crippen molar-refractivity contribution in [2.45, 2.75) is 70.0 Å². The molecule has 2 N–H and O–H groups in total. The molecule has 146 valence electrons. The maximum absolute atomic E-state index is 13.2. The van der Waals surface area contributed by atoms with Crippen LogP contribution in [-0.4, -0.2) is 51.2 Å². The Labute approximate surface area is 150 Å². The Bertz CT molecular complexity index is 627. The molecule has 1 aliphatic carbocycles. The molecule has 1 aromatic rings. The van der Waals surface area contributed by atoms with E-state index in [1.807, 2.05) is 20.8 Å². The molecule has 0 bridgehead atoms. The lowest BCUT2D eigenvalue weighted by Crippen LogP contribution is -2.55. The zero-order valence-corrected chi connectivity index (χ0v) is 15.4. The van der Waals surface area contributed by atoms with Gasteiger partial charge in [0.15, 0.2) is 5.82 Å². The summed E-state index contributed by atoms with van der Waals surface area (Å²) >= 11 is 0. The fourth-order valence-corrected chi connectivity index (χ4v) is 2.88. The van der Waals surface area contributed by atoms with Gasteiger partial charge in [0, 0.05) is 25.0 Å². The highest BCUT2D eigenvalue weighted by Crippen LogP contribution is 2.50. The summed E-state index contributed by atoms with van der Waals surface area (Å²) in [7, 11) is 0. The summed E-state index contributed by atoms with van der Waals surface area (Å²) in [6.45, 7) is 6.87. The van der Waals surface area contributed by atoms with Gasteiger partial charge in [0.05, 0.1) is 11.7 Å². The molecule has 1 amide bonds. The van der Waals surface area contributed by atoms with Crippen molar-refractivity contribution in [1.29, 1.82) is 0 Å². The van der Waals surface area contributed by atoms with Gasteiger partial charge in [-0.05, 0) is 46.6 Å². The molecule has 2 rings (SSSR count). The lowest BCUT2D eigenvalue weighted by atomic mass is 10.1. The summed E-state index contributed by atoms with van der Waals surface area (Å²) in [5, 5.41) is 0. The van der Waals surface area contributed by atoms with Crippen LogP contribution in [-0.2, 0) is 15.1 Å². The van der Waals surface area contributed by atoms with Crippen LogP contribution in [0.3, 0.4) is 0 Å². The lowest BCUT2D eigenvalue weighted by Gasteiger charge is -2.36. The average molecular weight is 374 g/mol. The van der Waals surface area contributed by atoms with Gasteiger partial charge in [-0.3, -0.25) is 4.79 Å². The summed E-state index contributed by atoms with van der Waals surface area (Å²) in [4.78, 5) is 21.0. The van der Waals surface area contributed by atoms with E-state index in [0.29, 0.717) is 12.8 Å². The largest absolute Gasteiger partial charge is 0.471 e. The van der Waals surface area contributed by atoms with Crippen molar-refractivity contribution in [1.82, 2.24) is 14.9 Å². The molecule has 9 heteroatoms. The maximum Gasteiger partial charge on any atom is 0.471 e. The number of hydrogen-bond acceptors (Lipinski definition) is 5. The lowest BCUT2D eigenvalue weighted by molar-refractivity contribution is -0.190. The SMILES string of the molecule is C[C@@H](OC(C)(C)C)[C@@H](N)CN(C(=O)C(F)(F)F)C1(c2ncccn2)CC1. The molecule has 1 aliphatic rings. The minimum Gasteiger partial charge on any atom is -0.371 e. The number of amides is 1. The number of carbonyl (C=O) groups excluding carboxylic acids is 1. The predicted molar refractivity (Wildman–Crippen MR) is 89.0 cm³/mol. The Morgan fingerprint density at radius 2 is 1.85 bits per heavy atom. The second-order valence-corrected chi connectivity index (χ2v) is 7.62. The molecule has 0 unspecified atom stereocenters. The van der Waals surface area contributed by atoms with Crippen LogP contribution in [0.5, 0.6) is 0 Å². The van der Waals surface area contributed by atoms with Gasteiger partial charge in [0.2, 0.25) is 0 Å². The minimum atomic E-state index is -5.00. The van der Waals surface area contributed by atoms with Crippen molar-refractivity contribution in [3.63, 3.8) is 0 Å². The maximum atomic E-state index is 13.2. The van der Waals surface area contributed by atoms with E-state index in [1.54, 1.807) is 13.0 Å². The van der Waals surface area contributed by atoms with E-state index in [-0.39, 0.29) is 12.4 Å². The third-order valence-corrected chi connectivity index (χ3v) is 4.25. The van der Waals surface area contributed by atoms with Crippen LogP contribution in [0.25, 0.3) is 0 Å². The zero-order valence-electron chi connectivity index (χ0n) is 15.4. The molecule has 0 saturated heterocycles. The molecule has 26 heavy (non-hydrogen) atoms. The van der Waals surface area contributed by atoms with Gasteiger partial charge < -0.3 is 15.4 Å². The van der Waals surface area contributed by atoms with Crippen LogP contribution in [0.4, 0.5) is 13.2 Å².